The average Bonchev–Trinajstić information content (AvgIpc) is 4.04. The van der Waals surface area contributed by atoms with Gasteiger partial charge in [0.05, 0.1) is 11.0 Å². The van der Waals surface area contributed by atoms with Crippen molar-refractivity contribution in [2.75, 3.05) is 4.90 Å². The molecule has 4 nitrogen and oxygen atoms in total. The number of fused-ring (bicyclic) bond motifs is 9. The van der Waals surface area contributed by atoms with Gasteiger partial charge >= 0.3 is 0 Å². The summed E-state index contributed by atoms with van der Waals surface area (Å²) in [6, 6.07) is 82.1. The van der Waals surface area contributed by atoms with Gasteiger partial charge < -0.3 is 18.3 Å². The van der Waals surface area contributed by atoms with E-state index in [4.69, 9.17) is 8.83 Å². The van der Waals surface area contributed by atoms with Crippen LogP contribution in [0, 0.1) is 0 Å². The van der Waals surface area contributed by atoms with Crippen molar-refractivity contribution in [1.29, 1.82) is 0 Å². The first-order chi connectivity index (χ1) is 31.7. The predicted molar refractivity (Wildman–Crippen MR) is 266 cm³/mol. The lowest BCUT2D eigenvalue weighted by Crippen LogP contribution is -2.10. The highest BCUT2D eigenvalue weighted by molar-refractivity contribution is 6.27. The fourth-order valence-corrected chi connectivity index (χ4v) is 9.85. The number of furan rings is 2. The normalized spacial score (nSPS) is 11.8. The largest absolute Gasteiger partial charge is 0.456 e. The molecule has 13 aromatic rings. The Morgan fingerprint density at radius 2 is 0.766 bits per heavy atom. The molecule has 0 saturated heterocycles. The van der Waals surface area contributed by atoms with E-state index < -0.39 is 0 Å². The van der Waals surface area contributed by atoms with Crippen LogP contribution in [0.5, 0.6) is 0 Å². The summed E-state index contributed by atoms with van der Waals surface area (Å²) < 4.78 is 15.6. The third kappa shape index (κ3) is 5.77. The second-order valence-electron chi connectivity index (χ2n) is 16.5. The van der Waals surface area contributed by atoms with Gasteiger partial charge in [0.25, 0.3) is 0 Å². The lowest BCUT2D eigenvalue weighted by atomic mass is 9.93. The number of benzene rings is 10. The Bertz CT molecular complexity index is 3780. The molecule has 3 heterocycles. The van der Waals surface area contributed by atoms with E-state index in [1.165, 1.54) is 33.0 Å². The van der Waals surface area contributed by atoms with E-state index in [-0.39, 0.29) is 0 Å². The van der Waals surface area contributed by atoms with Crippen molar-refractivity contribution in [3.8, 4) is 39.1 Å². The molecule has 300 valence electrons. The maximum absolute atomic E-state index is 6.72. The Labute approximate surface area is 369 Å². The van der Waals surface area contributed by atoms with E-state index in [0.717, 1.165) is 88.8 Å². The van der Waals surface area contributed by atoms with Crippen molar-refractivity contribution in [1.82, 2.24) is 4.57 Å². The summed E-state index contributed by atoms with van der Waals surface area (Å²) in [6.07, 6.45) is 0. The Morgan fingerprint density at radius 1 is 0.297 bits per heavy atom. The van der Waals surface area contributed by atoms with E-state index in [1.807, 2.05) is 18.2 Å². The molecule has 0 aliphatic carbocycles. The van der Waals surface area contributed by atoms with Crippen LogP contribution in [0.15, 0.2) is 239 Å². The highest BCUT2D eigenvalue weighted by atomic mass is 16.3. The minimum atomic E-state index is 0.846. The first-order valence-electron chi connectivity index (χ1n) is 21.7. The van der Waals surface area contributed by atoms with Crippen molar-refractivity contribution in [3.63, 3.8) is 0 Å². The molecule has 0 unspecified atom stereocenters. The third-order valence-corrected chi connectivity index (χ3v) is 12.8. The summed E-state index contributed by atoms with van der Waals surface area (Å²) in [5.74, 6) is 0. The molecule has 0 saturated carbocycles. The van der Waals surface area contributed by atoms with Gasteiger partial charge in [0, 0.05) is 66.7 Å². The molecule has 10 aromatic carbocycles. The molecular formula is C60H38N2O2. The van der Waals surface area contributed by atoms with Crippen LogP contribution in [0.25, 0.3) is 105 Å². The fourth-order valence-electron chi connectivity index (χ4n) is 9.85. The molecular weight excluding hydrogens is 781 g/mol. The molecule has 13 rings (SSSR count). The van der Waals surface area contributed by atoms with Crippen LogP contribution in [0.2, 0.25) is 0 Å². The topological polar surface area (TPSA) is 34.5 Å². The van der Waals surface area contributed by atoms with Crippen molar-refractivity contribution in [2.45, 2.75) is 0 Å². The van der Waals surface area contributed by atoms with E-state index >= 15 is 0 Å². The SMILES string of the molecule is c1ccc(-c2ccc(N(c3ccc(-c4ccccc4)cc3)c3ccc(-n4c5ccccc5c5c(-c6ccc7c(c6)oc6ccccc67)c6c(cc54)oc4ccccc46)cc3)cc2)cc1. The molecule has 0 atom stereocenters. The second kappa shape index (κ2) is 14.5. The summed E-state index contributed by atoms with van der Waals surface area (Å²) in [7, 11) is 0. The summed E-state index contributed by atoms with van der Waals surface area (Å²) in [6.45, 7) is 0. The number of nitrogens with zero attached hydrogens (tertiary/aromatic N) is 2. The van der Waals surface area contributed by atoms with Crippen LogP contribution in [0.4, 0.5) is 17.1 Å². The monoisotopic (exact) mass is 818 g/mol. The standard InChI is InChI=1S/C60H38N2O2/c1-3-13-39(14-4-1)41-23-28-44(29-24-41)61(45-30-25-42(26-31-45)40-15-5-2-6-16-40)46-32-34-47(35-33-46)62-52-20-10-7-18-50(52)59-53(62)38-57-60(51-19-9-12-22-55(51)64-57)58(59)43-27-36-49-48-17-8-11-21-54(48)63-56(49)37-43/h1-38H. The second-order valence-corrected chi connectivity index (χ2v) is 16.5. The van der Waals surface area contributed by atoms with Gasteiger partial charge in [0.15, 0.2) is 0 Å². The molecule has 0 amide bonds. The van der Waals surface area contributed by atoms with Crippen LogP contribution in [-0.4, -0.2) is 4.57 Å². The van der Waals surface area contributed by atoms with Crippen LogP contribution in [0.3, 0.4) is 0 Å². The lowest BCUT2D eigenvalue weighted by Gasteiger charge is -2.26. The Balaban J connectivity index is 0.990. The molecule has 0 radical (unpaired) electrons. The van der Waals surface area contributed by atoms with Crippen molar-refractivity contribution in [3.05, 3.63) is 231 Å². The molecule has 0 spiro atoms. The number of hydrogen-bond acceptors (Lipinski definition) is 3. The van der Waals surface area contributed by atoms with Gasteiger partial charge in [0.2, 0.25) is 0 Å². The third-order valence-electron chi connectivity index (χ3n) is 12.8. The minimum absolute atomic E-state index is 0.846. The summed E-state index contributed by atoms with van der Waals surface area (Å²) in [5, 5.41) is 6.77. The Kier molecular flexibility index (Phi) is 8.18. The number of anilines is 3. The molecule has 64 heavy (non-hydrogen) atoms. The molecule has 0 aliphatic heterocycles. The molecule has 4 heteroatoms. The van der Waals surface area contributed by atoms with Crippen LogP contribution in [-0.2, 0) is 0 Å². The minimum Gasteiger partial charge on any atom is -0.456 e. The Hall–Kier alpha value is -8.60. The van der Waals surface area contributed by atoms with E-state index in [1.54, 1.807) is 0 Å². The van der Waals surface area contributed by atoms with Gasteiger partial charge in [-0.25, -0.2) is 0 Å². The number of aromatic nitrogens is 1. The quantitative estimate of drug-likeness (QED) is 0.161. The first kappa shape index (κ1) is 36.1. The zero-order valence-corrected chi connectivity index (χ0v) is 34.7. The van der Waals surface area contributed by atoms with Gasteiger partial charge in [-0.05, 0) is 107 Å². The van der Waals surface area contributed by atoms with Crippen LogP contribution >= 0.6 is 0 Å². The highest BCUT2D eigenvalue weighted by Crippen LogP contribution is 2.47. The van der Waals surface area contributed by atoms with Gasteiger partial charge in [0.1, 0.15) is 22.3 Å². The molecule has 0 bridgehead atoms. The van der Waals surface area contributed by atoms with E-state index in [0.29, 0.717) is 0 Å². The lowest BCUT2D eigenvalue weighted by molar-refractivity contribution is 0.668. The summed E-state index contributed by atoms with van der Waals surface area (Å²) in [5.41, 5.74) is 16.9. The number of para-hydroxylation sites is 3. The zero-order chi connectivity index (χ0) is 42.1. The first-order valence-corrected chi connectivity index (χ1v) is 21.7. The van der Waals surface area contributed by atoms with Gasteiger partial charge in [-0.1, -0.05) is 146 Å². The summed E-state index contributed by atoms with van der Waals surface area (Å²) >= 11 is 0. The van der Waals surface area contributed by atoms with Gasteiger partial charge in [-0.3, -0.25) is 0 Å². The molecule has 0 N–H and O–H groups in total. The van der Waals surface area contributed by atoms with Gasteiger partial charge in [-0.15, -0.1) is 0 Å². The molecule has 3 aromatic heterocycles. The molecule has 0 aliphatic rings. The predicted octanol–water partition coefficient (Wildman–Crippen LogP) is 17.1. The number of hydrogen-bond donors (Lipinski definition) is 0. The summed E-state index contributed by atoms with van der Waals surface area (Å²) in [4.78, 5) is 2.34. The smallest absolute Gasteiger partial charge is 0.138 e. The maximum Gasteiger partial charge on any atom is 0.138 e. The van der Waals surface area contributed by atoms with E-state index in [2.05, 4.69) is 222 Å². The van der Waals surface area contributed by atoms with Crippen molar-refractivity contribution >= 4 is 82.7 Å². The van der Waals surface area contributed by atoms with E-state index in [9.17, 15) is 0 Å². The fraction of sp³-hybridized carbons (Fsp3) is 0. The highest BCUT2D eigenvalue weighted by Gasteiger charge is 2.24. The van der Waals surface area contributed by atoms with Crippen molar-refractivity contribution in [2.24, 2.45) is 0 Å². The van der Waals surface area contributed by atoms with Crippen LogP contribution in [0.1, 0.15) is 0 Å². The Morgan fingerprint density at radius 3 is 1.41 bits per heavy atom. The number of rotatable bonds is 7. The van der Waals surface area contributed by atoms with Gasteiger partial charge in [-0.2, -0.15) is 0 Å². The zero-order valence-electron chi connectivity index (χ0n) is 34.7. The molecule has 0 fully saturated rings. The van der Waals surface area contributed by atoms with Crippen molar-refractivity contribution < 1.29 is 8.83 Å². The average molecular weight is 819 g/mol. The van der Waals surface area contributed by atoms with Crippen LogP contribution < -0.4 is 4.90 Å². The maximum atomic E-state index is 6.72.